The van der Waals surface area contributed by atoms with Gasteiger partial charge in [-0.2, -0.15) is 0 Å². The summed E-state index contributed by atoms with van der Waals surface area (Å²) in [5.41, 5.74) is 3.24. The largest absolute Gasteiger partial charge is 0.465 e. The second-order valence-electron chi connectivity index (χ2n) is 7.75. The summed E-state index contributed by atoms with van der Waals surface area (Å²) in [6.45, 7) is 3.50. The van der Waals surface area contributed by atoms with Gasteiger partial charge in [0.05, 0.1) is 33.5 Å². The Bertz CT molecular complexity index is 1190. The van der Waals surface area contributed by atoms with Crippen molar-refractivity contribution in [2.45, 2.75) is 39.0 Å². The number of fused-ring (bicyclic) bond motifs is 2. The lowest BCUT2D eigenvalue weighted by Gasteiger charge is -2.22. The summed E-state index contributed by atoms with van der Waals surface area (Å²) in [6, 6.07) is 3.65. The van der Waals surface area contributed by atoms with Crippen molar-refractivity contribution in [3.8, 4) is 0 Å². The molecule has 3 N–H and O–H groups in total. The van der Waals surface area contributed by atoms with Crippen molar-refractivity contribution in [3.05, 3.63) is 45.3 Å². The number of benzene rings is 1. The molecule has 1 amide bonds. The zero-order valence-corrected chi connectivity index (χ0v) is 16.2. The van der Waals surface area contributed by atoms with E-state index in [9.17, 15) is 14.4 Å². The van der Waals surface area contributed by atoms with Gasteiger partial charge < -0.3 is 24.6 Å². The Morgan fingerprint density at radius 3 is 2.55 bits per heavy atom. The van der Waals surface area contributed by atoms with Gasteiger partial charge in [0.2, 0.25) is 0 Å². The number of amides is 1. The van der Waals surface area contributed by atoms with Crippen LogP contribution in [0, 0.1) is 6.92 Å². The van der Waals surface area contributed by atoms with E-state index < -0.39 is 0 Å². The highest BCUT2D eigenvalue weighted by Crippen LogP contribution is 2.34. The molecule has 2 aliphatic rings. The number of aromatic amines is 2. The molecule has 0 radical (unpaired) electrons. The minimum Gasteiger partial charge on any atom is -0.465 e. The summed E-state index contributed by atoms with van der Waals surface area (Å²) in [5, 5.41) is 2.97. The number of nitrogens with one attached hydrogen (secondary N) is 3. The maximum atomic E-state index is 13.2. The van der Waals surface area contributed by atoms with Gasteiger partial charge in [0, 0.05) is 25.9 Å². The van der Waals surface area contributed by atoms with Gasteiger partial charge in [-0.1, -0.05) is 0 Å². The Balaban J connectivity index is 1.57. The summed E-state index contributed by atoms with van der Waals surface area (Å²) < 4.78 is 5.73. The summed E-state index contributed by atoms with van der Waals surface area (Å²) >= 11 is 0. The first-order valence-corrected chi connectivity index (χ1v) is 9.99. The average molecular weight is 394 g/mol. The standard InChI is InChI=1S/C21H22N4O4/c1-11-18(19-16(26)5-4-6-17(19)29-11)20(27)22-14-9-12-13(24-21(28)23-12)10-15(14)25-7-2-3-8-25/h9-10H,2-8H2,1H3,(H,22,27)(H2,23,24,28). The van der Waals surface area contributed by atoms with Crippen LogP contribution >= 0.6 is 0 Å². The fourth-order valence-electron chi connectivity index (χ4n) is 4.46. The molecule has 2 aromatic heterocycles. The molecule has 5 rings (SSSR count). The van der Waals surface area contributed by atoms with Crippen molar-refractivity contribution in [2.24, 2.45) is 0 Å². The molecule has 0 unspecified atom stereocenters. The summed E-state index contributed by atoms with van der Waals surface area (Å²) in [4.78, 5) is 45.1. The summed E-state index contributed by atoms with van der Waals surface area (Å²) in [5.74, 6) is 0.662. The van der Waals surface area contributed by atoms with Crippen molar-refractivity contribution in [3.63, 3.8) is 0 Å². The minimum atomic E-state index is -0.361. The van der Waals surface area contributed by atoms with Crippen molar-refractivity contribution >= 4 is 34.1 Å². The lowest BCUT2D eigenvalue weighted by molar-refractivity contribution is 0.0955. The van der Waals surface area contributed by atoms with Crippen LogP contribution in [0.5, 0.6) is 0 Å². The molecule has 1 saturated heterocycles. The molecule has 8 heteroatoms. The molecule has 1 aliphatic carbocycles. The average Bonchev–Trinajstić information content (AvgIpc) is 3.38. The maximum Gasteiger partial charge on any atom is 0.323 e. The fourth-order valence-corrected chi connectivity index (χ4v) is 4.46. The third-order valence-electron chi connectivity index (χ3n) is 5.80. The smallest absolute Gasteiger partial charge is 0.323 e. The second-order valence-corrected chi connectivity index (χ2v) is 7.75. The van der Waals surface area contributed by atoms with E-state index in [1.165, 1.54) is 0 Å². The molecule has 3 aromatic rings. The molecule has 0 bridgehead atoms. The number of hydrogen-bond acceptors (Lipinski definition) is 5. The number of carbonyl (C=O) groups excluding carboxylic acids is 2. The molecule has 150 valence electrons. The Labute approximate surface area is 166 Å². The maximum absolute atomic E-state index is 13.2. The number of furan rings is 1. The number of H-pyrrole nitrogens is 2. The zero-order chi connectivity index (χ0) is 20.1. The van der Waals surface area contributed by atoms with Crippen LogP contribution in [-0.2, 0) is 6.42 Å². The number of aromatic nitrogens is 2. The van der Waals surface area contributed by atoms with E-state index in [1.807, 2.05) is 6.07 Å². The van der Waals surface area contributed by atoms with E-state index in [4.69, 9.17) is 4.42 Å². The first-order chi connectivity index (χ1) is 14.0. The number of rotatable bonds is 3. The molecule has 1 fully saturated rings. The van der Waals surface area contributed by atoms with E-state index in [-0.39, 0.29) is 17.4 Å². The van der Waals surface area contributed by atoms with E-state index in [0.717, 1.165) is 38.0 Å². The van der Waals surface area contributed by atoms with Crippen LogP contribution in [0.25, 0.3) is 11.0 Å². The van der Waals surface area contributed by atoms with Crippen LogP contribution < -0.4 is 15.9 Å². The highest BCUT2D eigenvalue weighted by atomic mass is 16.3. The van der Waals surface area contributed by atoms with Gasteiger partial charge >= 0.3 is 5.69 Å². The lowest BCUT2D eigenvalue weighted by atomic mass is 9.93. The normalized spacial score (nSPS) is 16.4. The third kappa shape index (κ3) is 2.95. The van der Waals surface area contributed by atoms with Gasteiger partial charge in [-0.3, -0.25) is 9.59 Å². The number of hydrogen-bond donors (Lipinski definition) is 3. The van der Waals surface area contributed by atoms with Crippen LogP contribution in [-0.4, -0.2) is 34.7 Å². The molecular formula is C21H22N4O4. The van der Waals surface area contributed by atoms with Crippen molar-refractivity contribution in [1.29, 1.82) is 0 Å². The summed E-state index contributed by atoms with van der Waals surface area (Å²) in [7, 11) is 0. The summed E-state index contributed by atoms with van der Waals surface area (Å²) in [6.07, 6.45) is 4.01. The number of ketones is 1. The van der Waals surface area contributed by atoms with E-state index in [1.54, 1.807) is 13.0 Å². The van der Waals surface area contributed by atoms with Gasteiger partial charge in [0.25, 0.3) is 5.91 Å². The first kappa shape index (κ1) is 17.8. The third-order valence-corrected chi connectivity index (χ3v) is 5.80. The topological polar surface area (TPSA) is 111 Å². The predicted octanol–water partition coefficient (Wildman–Crippen LogP) is 3.13. The van der Waals surface area contributed by atoms with Gasteiger partial charge in [-0.15, -0.1) is 0 Å². The van der Waals surface area contributed by atoms with Crippen LogP contribution in [0.1, 0.15) is 57.9 Å². The molecule has 0 atom stereocenters. The molecule has 0 saturated carbocycles. The molecule has 29 heavy (non-hydrogen) atoms. The number of carbonyl (C=O) groups is 2. The Hall–Kier alpha value is -3.29. The molecule has 3 heterocycles. The van der Waals surface area contributed by atoms with Crippen molar-refractivity contribution < 1.29 is 14.0 Å². The number of imidazole rings is 1. The zero-order valence-electron chi connectivity index (χ0n) is 16.2. The minimum absolute atomic E-state index is 0.0431. The number of aryl methyl sites for hydroxylation is 2. The first-order valence-electron chi connectivity index (χ1n) is 9.99. The quantitative estimate of drug-likeness (QED) is 0.632. The van der Waals surface area contributed by atoms with Crippen LogP contribution in [0.4, 0.5) is 11.4 Å². The van der Waals surface area contributed by atoms with Crippen LogP contribution in [0.15, 0.2) is 21.3 Å². The van der Waals surface area contributed by atoms with Crippen LogP contribution in [0.2, 0.25) is 0 Å². The van der Waals surface area contributed by atoms with Crippen LogP contribution in [0.3, 0.4) is 0 Å². The van der Waals surface area contributed by atoms with E-state index in [2.05, 4.69) is 20.2 Å². The molecular weight excluding hydrogens is 372 g/mol. The Morgan fingerprint density at radius 1 is 1.07 bits per heavy atom. The number of Topliss-reactive ketones (excluding diaryl/α,β-unsaturated/α-hetero) is 1. The van der Waals surface area contributed by atoms with E-state index >= 15 is 0 Å². The second kappa shape index (κ2) is 6.65. The SMILES string of the molecule is Cc1oc2c(c1C(=O)Nc1cc3[nH]c(=O)[nH]c3cc1N1CCCC1)C(=O)CCC2. The predicted molar refractivity (Wildman–Crippen MR) is 109 cm³/mol. The van der Waals surface area contributed by atoms with Crippen molar-refractivity contribution in [2.75, 3.05) is 23.3 Å². The highest BCUT2D eigenvalue weighted by Gasteiger charge is 2.31. The van der Waals surface area contributed by atoms with Gasteiger partial charge in [-0.25, -0.2) is 4.79 Å². The molecule has 1 aliphatic heterocycles. The molecule has 1 aromatic carbocycles. The number of anilines is 2. The fraction of sp³-hybridized carbons (Fsp3) is 0.381. The highest BCUT2D eigenvalue weighted by molar-refractivity contribution is 6.15. The van der Waals surface area contributed by atoms with Crippen molar-refractivity contribution in [1.82, 2.24) is 9.97 Å². The number of nitrogens with zero attached hydrogens (tertiary/aromatic N) is 1. The van der Waals surface area contributed by atoms with Gasteiger partial charge in [-0.05, 0) is 38.3 Å². The molecule has 0 spiro atoms. The van der Waals surface area contributed by atoms with Gasteiger partial charge in [0.1, 0.15) is 11.5 Å². The monoisotopic (exact) mass is 394 g/mol. The lowest BCUT2D eigenvalue weighted by Crippen LogP contribution is -2.22. The Morgan fingerprint density at radius 2 is 1.79 bits per heavy atom. The van der Waals surface area contributed by atoms with Gasteiger partial charge in [0.15, 0.2) is 5.78 Å². The molecule has 8 nitrogen and oxygen atoms in total. The van der Waals surface area contributed by atoms with E-state index in [0.29, 0.717) is 52.2 Å². The Kier molecular flexibility index (Phi) is 4.08.